The van der Waals surface area contributed by atoms with Gasteiger partial charge in [-0.05, 0) is 45.1 Å². The van der Waals surface area contributed by atoms with Crippen molar-refractivity contribution in [1.29, 1.82) is 0 Å². The summed E-state index contributed by atoms with van der Waals surface area (Å²) in [4.78, 5) is 2.44. The molecule has 0 bridgehead atoms. The van der Waals surface area contributed by atoms with Gasteiger partial charge in [-0.15, -0.1) is 0 Å². The van der Waals surface area contributed by atoms with E-state index in [2.05, 4.69) is 39.6 Å². The van der Waals surface area contributed by atoms with Crippen LogP contribution in [0.4, 0.5) is 0 Å². The number of hydrogen-bond donors (Lipinski definition) is 1. The van der Waals surface area contributed by atoms with Crippen molar-refractivity contribution in [3.63, 3.8) is 0 Å². The van der Waals surface area contributed by atoms with E-state index in [0.29, 0.717) is 0 Å². The third-order valence-corrected chi connectivity index (χ3v) is 4.32. The van der Waals surface area contributed by atoms with Crippen LogP contribution in [0, 0.1) is 11.3 Å². The first-order chi connectivity index (χ1) is 7.72. The zero-order valence-electron chi connectivity index (χ0n) is 12.3. The molecule has 0 atom stereocenters. The van der Waals surface area contributed by atoms with Gasteiger partial charge in [-0.1, -0.05) is 13.8 Å². The number of nitrogens with two attached hydrogens (primary N) is 1. The summed E-state index contributed by atoms with van der Waals surface area (Å²) >= 11 is 0. The van der Waals surface area contributed by atoms with E-state index in [0.717, 1.165) is 25.7 Å². The van der Waals surface area contributed by atoms with E-state index in [1.54, 1.807) is 0 Å². The smallest absolute Gasteiger partial charge is 0.0469 e. The minimum Gasteiger partial charge on any atom is -0.381 e. The van der Waals surface area contributed by atoms with Gasteiger partial charge in [0.15, 0.2) is 0 Å². The molecule has 1 fully saturated rings. The predicted molar refractivity (Wildman–Crippen MR) is 73.1 cm³/mol. The molecule has 3 nitrogen and oxygen atoms in total. The SMILES string of the molecule is CN(CC1CCOCC1)CC(C)(C)C(C)(C)N. The van der Waals surface area contributed by atoms with Gasteiger partial charge in [0.05, 0.1) is 0 Å². The van der Waals surface area contributed by atoms with Crippen molar-refractivity contribution in [3.8, 4) is 0 Å². The molecule has 1 saturated heterocycles. The molecular formula is C14H30N2O. The highest BCUT2D eigenvalue weighted by atomic mass is 16.5. The molecule has 0 radical (unpaired) electrons. The standard InChI is InChI=1S/C14H30N2O/c1-13(2,14(3,4)15)11-16(5)10-12-6-8-17-9-7-12/h12H,6-11,15H2,1-5H3. The lowest BCUT2D eigenvalue weighted by Gasteiger charge is -2.42. The fourth-order valence-electron chi connectivity index (χ4n) is 2.31. The lowest BCUT2D eigenvalue weighted by atomic mass is 9.75. The van der Waals surface area contributed by atoms with E-state index >= 15 is 0 Å². The summed E-state index contributed by atoms with van der Waals surface area (Å²) in [5, 5.41) is 0. The number of nitrogens with zero attached hydrogens (tertiary/aromatic N) is 1. The molecular weight excluding hydrogens is 212 g/mol. The molecule has 1 aliphatic heterocycles. The van der Waals surface area contributed by atoms with Crippen LogP contribution < -0.4 is 5.73 Å². The minimum atomic E-state index is -0.142. The van der Waals surface area contributed by atoms with Crippen molar-refractivity contribution < 1.29 is 4.74 Å². The molecule has 0 aliphatic carbocycles. The molecule has 2 N–H and O–H groups in total. The van der Waals surface area contributed by atoms with E-state index < -0.39 is 0 Å². The highest BCUT2D eigenvalue weighted by molar-refractivity contribution is 4.92. The Balaban J connectivity index is 2.40. The van der Waals surface area contributed by atoms with Gasteiger partial charge in [-0.2, -0.15) is 0 Å². The Morgan fingerprint density at radius 1 is 1.18 bits per heavy atom. The highest BCUT2D eigenvalue weighted by Crippen LogP contribution is 2.29. The second-order valence-electron chi connectivity index (χ2n) is 6.86. The Bertz CT molecular complexity index is 227. The van der Waals surface area contributed by atoms with Crippen LogP contribution in [-0.2, 0) is 4.74 Å². The largest absolute Gasteiger partial charge is 0.381 e. The van der Waals surface area contributed by atoms with Crippen LogP contribution in [0.1, 0.15) is 40.5 Å². The van der Waals surface area contributed by atoms with Crippen LogP contribution in [0.3, 0.4) is 0 Å². The molecule has 17 heavy (non-hydrogen) atoms. The Morgan fingerprint density at radius 3 is 2.18 bits per heavy atom. The van der Waals surface area contributed by atoms with Gasteiger partial charge in [0.2, 0.25) is 0 Å². The molecule has 0 unspecified atom stereocenters. The number of hydrogen-bond acceptors (Lipinski definition) is 3. The van der Waals surface area contributed by atoms with E-state index in [4.69, 9.17) is 10.5 Å². The Kier molecular flexibility index (Phi) is 4.99. The van der Waals surface area contributed by atoms with Gasteiger partial charge in [0.25, 0.3) is 0 Å². The minimum absolute atomic E-state index is 0.132. The summed E-state index contributed by atoms with van der Waals surface area (Å²) in [6.45, 7) is 12.8. The second-order valence-corrected chi connectivity index (χ2v) is 6.86. The maximum Gasteiger partial charge on any atom is 0.0469 e. The predicted octanol–water partition coefficient (Wildman–Crippen LogP) is 2.11. The van der Waals surface area contributed by atoms with Gasteiger partial charge in [-0.3, -0.25) is 0 Å². The van der Waals surface area contributed by atoms with Crippen molar-refractivity contribution in [2.45, 2.75) is 46.1 Å². The van der Waals surface area contributed by atoms with Crippen molar-refractivity contribution in [2.75, 3.05) is 33.4 Å². The van der Waals surface area contributed by atoms with E-state index in [9.17, 15) is 0 Å². The molecule has 0 amide bonds. The first kappa shape index (κ1) is 14.9. The van der Waals surface area contributed by atoms with Crippen LogP contribution in [0.5, 0.6) is 0 Å². The van der Waals surface area contributed by atoms with E-state index in [1.807, 2.05) is 0 Å². The Labute approximate surface area is 107 Å². The molecule has 1 rings (SSSR count). The topological polar surface area (TPSA) is 38.5 Å². The van der Waals surface area contributed by atoms with Crippen LogP contribution in [-0.4, -0.2) is 43.8 Å². The third-order valence-electron chi connectivity index (χ3n) is 4.32. The number of rotatable bonds is 5. The molecule has 1 aliphatic rings. The van der Waals surface area contributed by atoms with Crippen LogP contribution in [0.15, 0.2) is 0 Å². The molecule has 0 saturated carbocycles. The molecule has 102 valence electrons. The maximum absolute atomic E-state index is 6.25. The first-order valence-corrected chi connectivity index (χ1v) is 6.77. The quantitative estimate of drug-likeness (QED) is 0.802. The summed E-state index contributed by atoms with van der Waals surface area (Å²) in [6, 6.07) is 0. The van der Waals surface area contributed by atoms with E-state index in [1.165, 1.54) is 19.4 Å². The summed E-state index contributed by atoms with van der Waals surface area (Å²) in [6.07, 6.45) is 2.41. The zero-order valence-corrected chi connectivity index (χ0v) is 12.3. The summed E-state index contributed by atoms with van der Waals surface area (Å²) < 4.78 is 5.40. The second kappa shape index (κ2) is 5.68. The van der Waals surface area contributed by atoms with Crippen LogP contribution in [0.2, 0.25) is 0 Å². The molecule has 1 heterocycles. The van der Waals surface area contributed by atoms with Gasteiger partial charge >= 0.3 is 0 Å². The summed E-state index contributed by atoms with van der Waals surface area (Å²) in [5.74, 6) is 0.797. The summed E-state index contributed by atoms with van der Waals surface area (Å²) in [5.41, 5.74) is 6.24. The summed E-state index contributed by atoms with van der Waals surface area (Å²) in [7, 11) is 2.21. The Morgan fingerprint density at radius 2 is 1.71 bits per heavy atom. The fourth-order valence-corrected chi connectivity index (χ4v) is 2.31. The van der Waals surface area contributed by atoms with Crippen molar-refractivity contribution in [3.05, 3.63) is 0 Å². The molecule has 0 aromatic heterocycles. The van der Waals surface area contributed by atoms with E-state index in [-0.39, 0.29) is 11.0 Å². The van der Waals surface area contributed by atoms with Crippen molar-refractivity contribution in [1.82, 2.24) is 4.90 Å². The van der Waals surface area contributed by atoms with Gasteiger partial charge in [0, 0.05) is 31.8 Å². The van der Waals surface area contributed by atoms with Crippen LogP contribution >= 0.6 is 0 Å². The molecule has 3 heteroatoms. The van der Waals surface area contributed by atoms with Crippen molar-refractivity contribution in [2.24, 2.45) is 17.1 Å². The number of ether oxygens (including phenoxy) is 1. The van der Waals surface area contributed by atoms with Gasteiger partial charge < -0.3 is 15.4 Å². The molecule has 0 aromatic rings. The average molecular weight is 242 g/mol. The molecule has 0 spiro atoms. The lowest BCUT2D eigenvalue weighted by Crippen LogP contribution is -2.53. The monoisotopic (exact) mass is 242 g/mol. The van der Waals surface area contributed by atoms with Gasteiger partial charge in [-0.25, -0.2) is 0 Å². The third kappa shape index (κ3) is 4.57. The normalized spacial score (nSPS) is 19.9. The average Bonchev–Trinajstić information content (AvgIpc) is 2.16. The van der Waals surface area contributed by atoms with Crippen LogP contribution in [0.25, 0.3) is 0 Å². The fraction of sp³-hybridized carbons (Fsp3) is 1.00. The lowest BCUT2D eigenvalue weighted by molar-refractivity contribution is 0.0461. The maximum atomic E-state index is 6.25. The Hall–Kier alpha value is -0.120. The zero-order chi connectivity index (χ0) is 13.1. The van der Waals surface area contributed by atoms with Gasteiger partial charge in [0.1, 0.15) is 0 Å². The first-order valence-electron chi connectivity index (χ1n) is 6.77. The molecule has 0 aromatic carbocycles. The van der Waals surface area contributed by atoms with Crippen molar-refractivity contribution >= 4 is 0 Å². The highest BCUT2D eigenvalue weighted by Gasteiger charge is 2.34.